The fourth-order valence-corrected chi connectivity index (χ4v) is 7.18. The molecule has 0 unspecified atom stereocenters. The Kier molecular flexibility index (Phi) is 7.44. The maximum absolute atomic E-state index is 14.4. The van der Waals surface area contributed by atoms with E-state index in [4.69, 9.17) is 11.6 Å². The average molecular weight is 593 g/mol. The van der Waals surface area contributed by atoms with Crippen LogP contribution in [0, 0.1) is 11.7 Å². The van der Waals surface area contributed by atoms with Crippen LogP contribution in [0.3, 0.4) is 0 Å². The highest BCUT2D eigenvalue weighted by Gasteiger charge is 2.46. The quantitative estimate of drug-likeness (QED) is 0.276. The molecule has 0 aliphatic heterocycles. The van der Waals surface area contributed by atoms with Gasteiger partial charge < -0.3 is 9.47 Å². The van der Waals surface area contributed by atoms with Crippen LogP contribution in [0.25, 0.3) is 0 Å². The van der Waals surface area contributed by atoms with E-state index >= 15 is 0 Å². The van der Waals surface area contributed by atoms with Crippen molar-refractivity contribution in [3.63, 3.8) is 0 Å². The number of hydrogen-bond donors (Lipinski definition) is 1. The maximum Gasteiger partial charge on any atom is 0.244 e. The monoisotopic (exact) mass is 592 g/mol. The third kappa shape index (κ3) is 5.66. The van der Waals surface area contributed by atoms with E-state index in [0.717, 1.165) is 47.8 Å². The number of fused-ring (bicyclic) bond motifs is 1. The molecule has 41 heavy (non-hydrogen) atoms. The van der Waals surface area contributed by atoms with E-state index in [-0.39, 0.29) is 29.2 Å². The fourth-order valence-electron chi connectivity index (χ4n) is 5.72. The van der Waals surface area contributed by atoms with E-state index < -0.39 is 21.9 Å². The highest BCUT2D eigenvalue weighted by atomic mass is 35.5. The molecular weight excluding hydrogens is 563 g/mol. The smallest absolute Gasteiger partial charge is 0.244 e. The molecule has 1 aromatic heterocycles. The van der Waals surface area contributed by atoms with E-state index in [0.29, 0.717) is 17.1 Å². The molecule has 4 aromatic rings. The molecule has 2 aliphatic rings. The molecule has 10 heteroatoms. The molecule has 3 aromatic carbocycles. The van der Waals surface area contributed by atoms with Crippen molar-refractivity contribution in [3.05, 3.63) is 112 Å². The predicted octanol–water partition coefficient (Wildman–Crippen LogP) is 5.91. The number of imidazole rings is 1. The highest BCUT2D eigenvalue weighted by Crippen LogP contribution is 2.49. The SMILES string of the molecule is Cn1ccnc1CN(C(=O)[C@@H]1C[C@H]1c1ccc(Cl)cc1)c1ccc2c(c1)[C@@H](NS(=O)(=O)c1ccccc1F)CCC2. The highest BCUT2D eigenvalue weighted by molar-refractivity contribution is 7.89. The number of rotatable bonds is 8. The second-order valence-corrected chi connectivity index (χ2v) is 12.9. The summed E-state index contributed by atoms with van der Waals surface area (Å²) in [6, 6.07) is 18.2. The summed E-state index contributed by atoms with van der Waals surface area (Å²) < 4.78 is 45.3. The molecule has 2 aliphatic carbocycles. The summed E-state index contributed by atoms with van der Waals surface area (Å²) in [5.74, 6) is -0.135. The van der Waals surface area contributed by atoms with Gasteiger partial charge in [0, 0.05) is 42.1 Å². The van der Waals surface area contributed by atoms with Gasteiger partial charge in [-0.1, -0.05) is 41.9 Å². The number of nitrogens with zero attached hydrogens (tertiary/aromatic N) is 3. The van der Waals surface area contributed by atoms with Gasteiger partial charge in [0.25, 0.3) is 0 Å². The molecule has 1 saturated carbocycles. The minimum atomic E-state index is -4.10. The molecule has 1 heterocycles. The lowest BCUT2D eigenvalue weighted by molar-refractivity contribution is -0.120. The Balaban J connectivity index is 1.32. The first kappa shape index (κ1) is 27.6. The van der Waals surface area contributed by atoms with Crippen LogP contribution in [-0.2, 0) is 34.8 Å². The first-order chi connectivity index (χ1) is 19.7. The molecule has 3 atom stereocenters. The topological polar surface area (TPSA) is 84.3 Å². The van der Waals surface area contributed by atoms with Crippen LogP contribution >= 0.6 is 11.6 Å². The number of aryl methyl sites for hydroxylation is 2. The molecule has 7 nitrogen and oxygen atoms in total. The van der Waals surface area contributed by atoms with Gasteiger partial charge in [-0.3, -0.25) is 4.79 Å². The van der Waals surface area contributed by atoms with E-state index in [2.05, 4.69) is 9.71 Å². The zero-order valence-electron chi connectivity index (χ0n) is 22.5. The molecule has 0 saturated heterocycles. The number of carbonyl (C=O) groups excluding carboxylic acids is 1. The summed E-state index contributed by atoms with van der Waals surface area (Å²) in [6.45, 7) is 0.274. The normalized spacial score (nSPS) is 19.9. The van der Waals surface area contributed by atoms with Gasteiger partial charge >= 0.3 is 0 Å². The van der Waals surface area contributed by atoms with Crippen molar-refractivity contribution in [3.8, 4) is 0 Å². The molecular formula is C31H30ClFN4O3S. The second kappa shape index (κ2) is 11.0. The van der Waals surface area contributed by atoms with Crippen molar-refractivity contribution in [2.75, 3.05) is 4.90 Å². The van der Waals surface area contributed by atoms with Crippen molar-refractivity contribution >= 4 is 33.2 Å². The Morgan fingerprint density at radius 1 is 1.15 bits per heavy atom. The van der Waals surface area contributed by atoms with E-state index in [1.54, 1.807) is 11.1 Å². The van der Waals surface area contributed by atoms with Crippen LogP contribution < -0.4 is 9.62 Å². The van der Waals surface area contributed by atoms with E-state index in [1.807, 2.05) is 60.3 Å². The lowest BCUT2D eigenvalue weighted by atomic mass is 9.87. The number of anilines is 1. The summed E-state index contributed by atoms with van der Waals surface area (Å²) in [5.41, 5.74) is 3.57. The van der Waals surface area contributed by atoms with Crippen molar-refractivity contribution in [2.24, 2.45) is 13.0 Å². The number of benzene rings is 3. The minimum Gasteiger partial charge on any atom is -0.337 e. The lowest BCUT2D eigenvalue weighted by Crippen LogP contribution is -2.34. The molecule has 1 fully saturated rings. The van der Waals surface area contributed by atoms with E-state index in [1.165, 1.54) is 18.2 Å². The molecule has 1 amide bonds. The summed E-state index contributed by atoms with van der Waals surface area (Å²) >= 11 is 6.07. The van der Waals surface area contributed by atoms with Crippen LogP contribution in [0.1, 0.15) is 53.7 Å². The van der Waals surface area contributed by atoms with Crippen LogP contribution in [-0.4, -0.2) is 23.9 Å². The van der Waals surface area contributed by atoms with Gasteiger partial charge in [0.1, 0.15) is 16.5 Å². The Bertz CT molecular complexity index is 1710. The van der Waals surface area contributed by atoms with Gasteiger partial charge in [0.15, 0.2) is 0 Å². The third-order valence-electron chi connectivity index (χ3n) is 8.07. The first-order valence-electron chi connectivity index (χ1n) is 13.6. The summed E-state index contributed by atoms with van der Waals surface area (Å²) in [7, 11) is -2.21. The van der Waals surface area contributed by atoms with Crippen molar-refractivity contribution < 1.29 is 17.6 Å². The number of carbonyl (C=O) groups is 1. The van der Waals surface area contributed by atoms with Gasteiger partial charge in [-0.05, 0) is 84.7 Å². The Labute approximate surface area is 244 Å². The standard InChI is InChI=1S/C31H30ClFN4O3S/c1-36-16-15-34-30(36)19-37(31(38)26-18-24(26)21-9-12-22(32)13-10-21)23-14-11-20-5-4-7-28(25(20)17-23)35-41(39,40)29-8-3-2-6-27(29)33/h2-3,6,8-17,24,26,28,35H,4-5,7,18-19H2,1H3/t24-,26+,28-/m0/s1. The summed E-state index contributed by atoms with van der Waals surface area (Å²) in [5, 5.41) is 0.655. The predicted molar refractivity (Wildman–Crippen MR) is 156 cm³/mol. The second-order valence-electron chi connectivity index (χ2n) is 10.8. The summed E-state index contributed by atoms with van der Waals surface area (Å²) in [4.78, 5) is 19.8. The van der Waals surface area contributed by atoms with Crippen molar-refractivity contribution in [1.82, 2.24) is 14.3 Å². The van der Waals surface area contributed by atoms with Crippen molar-refractivity contribution in [1.29, 1.82) is 0 Å². The molecule has 0 bridgehead atoms. The molecule has 6 rings (SSSR count). The van der Waals surface area contributed by atoms with Crippen LogP contribution in [0.15, 0.2) is 84.0 Å². The number of aromatic nitrogens is 2. The average Bonchev–Trinajstić information content (AvgIpc) is 3.66. The number of hydrogen-bond acceptors (Lipinski definition) is 4. The van der Waals surface area contributed by atoms with Crippen LogP contribution in [0.4, 0.5) is 10.1 Å². The Hall–Kier alpha value is -3.53. The van der Waals surface area contributed by atoms with Gasteiger partial charge in [-0.15, -0.1) is 0 Å². The van der Waals surface area contributed by atoms with Crippen LogP contribution in [0.2, 0.25) is 5.02 Å². The summed E-state index contributed by atoms with van der Waals surface area (Å²) in [6.07, 6.45) is 6.43. The Morgan fingerprint density at radius 3 is 2.66 bits per heavy atom. The molecule has 0 spiro atoms. The maximum atomic E-state index is 14.4. The zero-order valence-corrected chi connectivity index (χ0v) is 24.1. The van der Waals surface area contributed by atoms with Crippen molar-refractivity contribution in [2.45, 2.75) is 49.1 Å². The zero-order chi connectivity index (χ0) is 28.7. The third-order valence-corrected chi connectivity index (χ3v) is 9.83. The number of amides is 1. The van der Waals surface area contributed by atoms with E-state index in [9.17, 15) is 17.6 Å². The molecule has 212 valence electrons. The number of halogens is 2. The van der Waals surface area contributed by atoms with Gasteiger partial charge in [0.05, 0.1) is 6.54 Å². The fraction of sp³-hybridized carbons (Fsp3) is 0.290. The molecule has 1 N–H and O–H groups in total. The number of sulfonamides is 1. The van der Waals surface area contributed by atoms with Crippen LogP contribution in [0.5, 0.6) is 0 Å². The van der Waals surface area contributed by atoms with Gasteiger partial charge in [-0.25, -0.2) is 22.5 Å². The minimum absolute atomic E-state index is 0.00723. The lowest BCUT2D eigenvalue weighted by Gasteiger charge is -2.29. The first-order valence-corrected chi connectivity index (χ1v) is 15.5. The largest absolute Gasteiger partial charge is 0.337 e. The number of nitrogens with one attached hydrogen (secondary N) is 1. The van der Waals surface area contributed by atoms with Gasteiger partial charge in [0.2, 0.25) is 15.9 Å². The molecule has 0 radical (unpaired) electrons. The van der Waals surface area contributed by atoms with Gasteiger partial charge in [-0.2, -0.15) is 0 Å². The Morgan fingerprint density at radius 2 is 1.93 bits per heavy atom.